The highest BCUT2D eigenvalue weighted by Crippen LogP contribution is 2.28. The van der Waals surface area contributed by atoms with Crippen LogP contribution in [-0.4, -0.2) is 5.11 Å². The number of fused-ring (bicyclic) bond motifs is 1. The quantitative estimate of drug-likeness (QED) is 0.768. The van der Waals surface area contributed by atoms with Gasteiger partial charge in [0.15, 0.2) is 0 Å². The van der Waals surface area contributed by atoms with E-state index >= 15 is 0 Å². The van der Waals surface area contributed by atoms with Crippen LogP contribution in [-0.2, 0) is 0 Å². The van der Waals surface area contributed by atoms with E-state index in [1.807, 2.05) is 18.2 Å². The molecule has 0 saturated heterocycles. The number of aliphatic hydroxyl groups excluding tert-OH is 1. The average molecular weight is 212 g/mol. The molecule has 1 nitrogen and oxygen atoms in total. The second-order valence-electron chi connectivity index (χ2n) is 4.06. The molecule has 0 fully saturated rings. The molecule has 0 saturated carbocycles. The molecule has 0 radical (unpaired) electrons. The number of hydrogen-bond donors (Lipinski definition) is 1. The van der Waals surface area contributed by atoms with Gasteiger partial charge in [-0.15, -0.1) is 6.58 Å². The molecule has 0 aromatic heterocycles. The summed E-state index contributed by atoms with van der Waals surface area (Å²) in [7, 11) is 0. The average Bonchev–Trinajstić information content (AvgIpc) is 2.30. The van der Waals surface area contributed by atoms with E-state index in [9.17, 15) is 5.11 Å². The first-order chi connectivity index (χ1) is 7.74. The Kier molecular flexibility index (Phi) is 3.07. The Balaban J connectivity index is 2.62. The van der Waals surface area contributed by atoms with Crippen LogP contribution in [0.1, 0.15) is 23.7 Å². The smallest absolute Gasteiger partial charge is 0.0830 e. The van der Waals surface area contributed by atoms with Gasteiger partial charge >= 0.3 is 0 Å². The summed E-state index contributed by atoms with van der Waals surface area (Å²) in [6.07, 6.45) is 1.88. The molecule has 2 aromatic carbocycles. The minimum atomic E-state index is -0.456. The van der Waals surface area contributed by atoms with Gasteiger partial charge < -0.3 is 5.11 Å². The number of rotatable bonds is 3. The first-order valence-corrected chi connectivity index (χ1v) is 5.51. The van der Waals surface area contributed by atoms with E-state index < -0.39 is 6.10 Å². The third-order valence-corrected chi connectivity index (χ3v) is 2.92. The number of hydrogen-bond acceptors (Lipinski definition) is 1. The number of aliphatic hydroxyl groups is 1. The van der Waals surface area contributed by atoms with Gasteiger partial charge in [0.1, 0.15) is 0 Å². The second kappa shape index (κ2) is 4.50. The van der Waals surface area contributed by atoms with Crippen molar-refractivity contribution < 1.29 is 5.11 Å². The van der Waals surface area contributed by atoms with E-state index in [0.717, 1.165) is 10.9 Å². The van der Waals surface area contributed by atoms with Crippen molar-refractivity contribution >= 4 is 10.8 Å². The molecule has 0 aliphatic rings. The van der Waals surface area contributed by atoms with Gasteiger partial charge in [-0.05, 0) is 35.2 Å². The lowest BCUT2D eigenvalue weighted by Gasteiger charge is -2.13. The topological polar surface area (TPSA) is 20.2 Å². The van der Waals surface area contributed by atoms with Crippen molar-refractivity contribution in [1.82, 2.24) is 0 Å². The molecular formula is C15H16O. The van der Waals surface area contributed by atoms with Crippen molar-refractivity contribution in [1.29, 1.82) is 0 Å². The first-order valence-electron chi connectivity index (χ1n) is 5.51. The van der Waals surface area contributed by atoms with Gasteiger partial charge in [-0.2, -0.15) is 0 Å². The van der Waals surface area contributed by atoms with Gasteiger partial charge in [-0.25, -0.2) is 0 Å². The maximum absolute atomic E-state index is 10.0. The summed E-state index contributed by atoms with van der Waals surface area (Å²) in [5.41, 5.74) is 2.23. The van der Waals surface area contributed by atoms with Crippen molar-refractivity contribution in [2.45, 2.75) is 19.4 Å². The third-order valence-electron chi connectivity index (χ3n) is 2.92. The van der Waals surface area contributed by atoms with Crippen LogP contribution in [0.2, 0.25) is 0 Å². The second-order valence-corrected chi connectivity index (χ2v) is 4.06. The van der Waals surface area contributed by atoms with Crippen LogP contribution in [0.5, 0.6) is 0 Å². The Hall–Kier alpha value is -1.60. The molecule has 0 aliphatic carbocycles. The lowest BCUT2D eigenvalue weighted by molar-refractivity contribution is 0.183. The predicted octanol–water partition coefficient (Wildman–Crippen LogP) is 3.76. The summed E-state index contributed by atoms with van der Waals surface area (Å²) in [5, 5.41) is 12.4. The molecular weight excluding hydrogens is 196 g/mol. The maximum Gasteiger partial charge on any atom is 0.0830 e. The van der Waals surface area contributed by atoms with Gasteiger partial charge in [0, 0.05) is 0 Å². The highest BCUT2D eigenvalue weighted by molar-refractivity contribution is 5.88. The standard InChI is InChI=1S/C15H16O/c1-3-6-15(16)14-10-9-11(2)12-7-4-5-8-13(12)14/h3-5,7-10,15-16H,1,6H2,2H3/t15-/m1/s1. The predicted molar refractivity (Wildman–Crippen MR) is 68.5 cm³/mol. The first kappa shape index (κ1) is 10.9. The Morgan fingerprint density at radius 3 is 2.56 bits per heavy atom. The Morgan fingerprint density at radius 1 is 1.19 bits per heavy atom. The van der Waals surface area contributed by atoms with Gasteiger partial charge in [0.2, 0.25) is 0 Å². The zero-order chi connectivity index (χ0) is 11.5. The largest absolute Gasteiger partial charge is 0.388 e. The highest BCUT2D eigenvalue weighted by atomic mass is 16.3. The van der Waals surface area contributed by atoms with E-state index in [-0.39, 0.29) is 0 Å². The Bertz CT molecular complexity index is 514. The Morgan fingerprint density at radius 2 is 1.88 bits per heavy atom. The van der Waals surface area contributed by atoms with Crippen molar-refractivity contribution in [2.75, 3.05) is 0 Å². The normalized spacial score (nSPS) is 12.6. The molecule has 2 rings (SSSR count). The fourth-order valence-corrected chi connectivity index (χ4v) is 2.05. The molecule has 82 valence electrons. The summed E-state index contributed by atoms with van der Waals surface area (Å²) in [4.78, 5) is 0. The molecule has 16 heavy (non-hydrogen) atoms. The molecule has 0 spiro atoms. The monoisotopic (exact) mass is 212 g/mol. The summed E-state index contributed by atoms with van der Waals surface area (Å²) < 4.78 is 0. The van der Waals surface area contributed by atoms with Crippen molar-refractivity contribution in [3.05, 3.63) is 60.2 Å². The summed E-state index contributed by atoms with van der Waals surface area (Å²) in [6.45, 7) is 5.75. The van der Waals surface area contributed by atoms with Crippen LogP contribution in [0.25, 0.3) is 10.8 Å². The SMILES string of the molecule is C=CC[C@@H](O)c1ccc(C)c2ccccc12. The lowest BCUT2D eigenvalue weighted by Crippen LogP contribution is -1.97. The summed E-state index contributed by atoms with van der Waals surface area (Å²) >= 11 is 0. The van der Waals surface area contributed by atoms with E-state index in [2.05, 4.69) is 31.7 Å². The fraction of sp³-hybridized carbons (Fsp3) is 0.200. The van der Waals surface area contributed by atoms with E-state index in [0.29, 0.717) is 6.42 Å². The number of benzene rings is 2. The summed E-state index contributed by atoms with van der Waals surface area (Å²) in [5.74, 6) is 0. The molecule has 0 bridgehead atoms. The highest BCUT2D eigenvalue weighted by Gasteiger charge is 2.10. The maximum atomic E-state index is 10.0. The Labute approximate surface area is 96.0 Å². The third kappa shape index (κ3) is 1.86. The molecule has 1 N–H and O–H groups in total. The van der Waals surface area contributed by atoms with E-state index in [1.54, 1.807) is 6.08 Å². The lowest BCUT2D eigenvalue weighted by atomic mass is 9.96. The van der Waals surface area contributed by atoms with E-state index in [4.69, 9.17) is 0 Å². The minimum absolute atomic E-state index is 0.456. The minimum Gasteiger partial charge on any atom is -0.388 e. The number of aryl methyl sites for hydroxylation is 1. The van der Waals surface area contributed by atoms with Crippen molar-refractivity contribution in [3.63, 3.8) is 0 Å². The van der Waals surface area contributed by atoms with Crippen LogP contribution in [0.4, 0.5) is 0 Å². The zero-order valence-corrected chi connectivity index (χ0v) is 9.48. The van der Waals surface area contributed by atoms with Crippen molar-refractivity contribution in [2.24, 2.45) is 0 Å². The molecule has 1 heteroatoms. The van der Waals surface area contributed by atoms with E-state index in [1.165, 1.54) is 10.9 Å². The molecule has 0 heterocycles. The van der Waals surface area contributed by atoms with Crippen LogP contribution < -0.4 is 0 Å². The molecule has 0 unspecified atom stereocenters. The van der Waals surface area contributed by atoms with Crippen LogP contribution >= 0.6 is 0 Å². The van der Waals surface area contributed by atoms with Crippen LogP contribution in [0, 0.1) is 6.92 Å². The summed E-state index contributed by atoms with van der Waals surface area (Å²) in [6, 6.07) is 12.2. The van der Waals surface area contributed by atoms with Gasteiger partial charge in [-0.1, -0.05) is 42.5 Å². The van der Waals surface area contributed by atoms with Gasteiger partial charge in [0.25, 0.3) is 0 Å². The molecule has 2 aromatic rings. The molecule has 1 atom stereocenters. The van der Waals surface area contributed by atoms with Crippen LogP contribution in [0.3, 0.4) is 0 Å². The fourth-order valence-electron chi connectivity index (χ4n) is 2.05. The zero-order valence-electron chi connectivity index (χ0n) is 9.48. The van der Waals surface area contributed by atoms with Gasteiger partial charge in [0.05, 0.1) is 6.10 Å². The van der Waals surface area contributed by atoms with Crippen molar-refractivity contribution in [3.8, 4) is 0 Å². The van der Waals surface area contributed by atoms with Crippen LogP contribution in [0.15, 0.2) is 49.1 Å². The van der Waals surface area contributed by atoms with Gasteiger partial charge in [-0.3, -0.25) is 0 Å². The molecule has 0 amide bonds. The molecule has 0 aliphatic heterocycles.